The summed E-state index contributed by atoms with van der Waals surface area (Å²) in [5.41, 5.74) is 9.06. The van der Waals surface area contributed by atoms with E-state index in [1.807, 2.05) is 0 Å². The zero-order valence-corrected chi connectivity index (χ0v) is 17.7. The summed E-state index contributed by atoms with van der Waals surface area (Å²) in [6.07, 6.45) is 3.37. The molecule has 0 amide bonds. The van der Waals surface area contributed by atoms with Crippen LogP contribution in [0.2, 0.25) is 0 Å². The Balaban J connectivity index is 2.09. The number of anilines is 1. The molecule has 1 aliphatic heterocycles. The van der Waals surface area contributed by atoms with Crippen molar-refractivity contribution in [1.29, 1.82) is 0 Å². The second kappa shape index (κ2) is 6.76. The molecule has 2 aromatic carbocycles. The lowest BCUT2D eigenvalue weighted by Gasteiger charge is -2.36. The maximum atomic E-state index is 2.71. The molecule has 0 radical (unpaired) electrons. The summed E-state index contributed by atoms with van der Waals surface area (Å²) in [5, 5.41) is 0. The molecule has 1 fully saturated rings. The molecule has 1 heterocycles. The number of para-hydroxylation sites is 1. The smallest absolute Gasteiger partial charge is 0.0435 e. The van der Waals surface area contributed by atoms with E-state index in [1.54, 1.807) is 0 Å². The van der Waals surface area contributed by atoms with E-state index in [9.17, 15) is 0 Å². The highest BCUT2D eigenvalue weighted by Crippen LogP contribution is 2.47. The first kappa shape index (κ1) is 19.0. The minimum atomic E-state index is 0.154. The lowest BCUT2D eigenvalue weighted by Crippen LogP contribution is -2.39. The van der Waals surface area contributed by atoms with E-state index in [-0.39, 0.29) is 11.0 Å². The monoisotopic (exact) mass is 349 g/mol. The highest BCUT2D eigenvalue weighted by molar-refractivity contribution is 5.63. The van der Waals surface area contributed by atoms with Gasteiger partial charge in [-0.25, -0.2) is 0 Å². The van der Waals surface area contributed by atoms with Crippen molar-refractivity contribution < 1.29 is 0 Å². The largest absolute Gasteiger partial charge is 0.365 e. The highest BCUT2D eigenvalue weighted by atomic mass is 15.2. The van der Waals surface area contributed by atoms with E-state index in [4.69, 9.17) is 0 Å². The predicted molar refractivity (Wildman–Crippen MR) is 115 cm³/mol. The Hall–Kier alpha value is -1.76. The van der Waals surface area contributed by atoms with Gasteiger partial charge >= 0.3 is 0 Å². The van der Waals surface area contributed by atoms with Gasteiger partial charge in [0.1, 0.15) is 0 Å². The number of benzene rings is 2. The lowest BCUT2D eigenvalue weighted by atomic mass is 9.77. The highest BCUT2D eigenvalue weighted by Gasteiger charge is 2.47. The molecule has 140 valence electrons. The molecule has 0 aliphatic carbocycles. The third-order valence-corrected chi connectivity index (χ3v) is 6.21. The van der Waals surface area contributed by atoms with Crippen LogP contribution in [0.4, 0.5) is 5.69 Å². The Kier molecular flexibility index (Phi) is 4.94. The van der Waals surface area contributed by atoms with Gasteiger partial charge in [0.15, 0.2) is 0 Å². The Morgan fingerprint density at radius 2 is 1.42 bits per heavy atom. The van der Waals surface area contributed by atoms with Crippen molar-refractivity contribution in [2.24, 2.45) is 0 Å². The summed E-state index contributed by atoms with van der Waals surface area (Å²) in [7, 11) is 0. The van der Waals surface area contributed by atoms with Crippen LogP contribution < -0.4 is 4.90 Å². The number of aryl methyl sites for hydroxylation is 4. The standard InChI is InChI=1S/C25H35N/c1-8-20-11-10-12-21(9-2)23(20)26-17-25(7,16-24(26,5)6)22-14-18(3)13-19(4)15-22/h10-15H,8-9,16-17H2,1-7H3. The van der Waals surface area contributed by atoms with Gasteiger partial charge in [0.05, 0.1) is 0 Å². The van der Waals surface area contributed by atoms with Crippen LogP contribution in [0.1, 0.15) is 68.9 Å². The Labute approximate surface area is 160 Å². The molecule has 0 bridgehead atoms. The van der Waals surface area contributed by atoms with Gasteiger partial charge in [-0.2, -0.15) is 0 Å². The first-order valence-electron chi connectivity index (χ1n) is 10.2. The first-order chi connectivity index (χ1) is 12.2. The lowest BCUT2D eigenvalue weighted by molar-refractivity contribution is 0.444. The normalized spacial score (nSPS) is 22.0. The van der Waals surface area contributed by atoms with E-state index in [2.05, 4.69) is 89.8 Å². The molecule has 1 unspecified atom stereocenters. The van der Waals surface area contributed by atoms with Crippen LogP contribution in [-0.4, -0.2) is 12.1 Å². The van der Waals surface area contributed by atoms with Crippen LogP contribution in [0.3, 0.4) is 0 Å². The number of hydrogen-bond donors (Lipinski definition) is 0. The summed E-state index contributed by atoms with van der Waals surface area (Å²) in [5.74, 6) is 0. The third kappa shape index (κ3) is 3.29. The van der Waals surface area contributed by atoms with Gasteiger partial charge in [0, 0.05) is 23.2 Å². The summed E-state index contributed by atoms with van der Waals surface area (Å²) in [6.45, 7) is 17.4. The first-order valence-corrected chi connectivity index (χ1v) is 10.2. The number of rotatable bonds is 4. The molecule has 2 aromatic rings. The summed E-state index contributed by atoms with van der Waals surface area (Å²) in [4.78, 5) is 2.71. The Bertz CT molecular complexity index is 759. The van der Waals surface area contributed by atoms with E-state index in [1.165, 1.54) is 39.9 Å². The predicted octanol–water partition coefficient (Wildman–Crippen LogP) is 6.37. The maximum absolute atomic E-state index is 2.71. The average molecular weight is 350 g/mol. The van der Waals surface area contributed by atoms with Crippen molar-refractivity contribution >= 4 is 5.69 Å². The minimum absolute atomic E-state index is 0.154. The van der Waals surface area contributed by atoms with Gasteiger partial charge < -0.3 is 4.90 Å². The SMILES string of the molecule is CCc1cccc(CC)c1N1CC(C)(c2cc(C)cc(C)c2)CC1(C)C. The second-order valence-electron chi connectivity index (χ2n) is 9.14. The summed E-state index contributed by atoms with van der Waals surface area (Å²) in [6, 6.07) is 14.0. The average Bonchev–Trinajstić information content (AvgIpc) is 2.83. The van der Waals surface area contributed by atoms with Gasteiger partial charge in [0.25, 0.3) is 0 Å². The van der Waals surface area contributed by atoms with E-state index in [0.29, 0.717) is 0 Å². The topological polar surface area (TPSA) is 3.24 Å². The molecule has 1 aliphatic rings. The van der Waals surface area contributed by atoms with Gasteiger partial charge in [-0.15, -0.1) is 0 Å². The Morgan fingerprint density at radius 3 is 1.92 bits per heavy atom. The zero-order valence-electron chi connectivity index (χ0n) is 17.7. The molecular weight excluding hydrogens is 314 g/mol. The molecule has 1 nitrogen and oxygen atoms in total. The summed E-state index contributed by atoms with van der Waals surface area (Å²) >= 11 is 0. The second-order valence-corrected chi connectivity index (χ2v) is 9.14. The fraction of sp³-hybridized carbons (Fsp3) is 0.520. The molecule has 1 saturated heterocycles. The van der Waals surface area contributed by atoms with Crippen LogP contribution in [0.15, 0.2) is 36.4 Å². The van der Waals surface area contributed by atoms with Crippen molar-refractivity contribution in [1.82, 2.24) is 0 Å². The third-order valence-electron chi connectivity index (χ3n) is 6.21. The van der Waals surface area contributed by atoms with Gasteiger partial charge in [-0.3, -0.25) is 0 Å². The summed E-state index contributed by atoms with van der Waals surface area (Å²) < 4.78 is 0. The molecule has 0 aromatic heterocycles. The number of nitrogens with zero attached hydrogens (tertiary/aromatic N) is 1. The molecule has 26 heavy (non-hydrogen) atoms. The molecule has 1 heteroatoms. The van der Waals surface area contributed by atoms with Crippen LogP contribution >= 0.6 is 0 Å². The van der Waals surface area contributed by atoms with Crippen molar-refractivity contribution in [2.45, 2.75) is 78.7 Å². The van der Waals surface area contributed by atoms with Crippen LogP contribution in [-0.2, 0) is 18.3 Å². The van der Waals surface area contributed by atoms with E-state index in [0.717, 1.165) is 19.4 Å². The van der Waals surface area contributed by atoms with Crippen molar-refractivity contribution in [2.75, 3.05) is 11.4 Å². The quantitative estimate of drug-likeness (QED) is 0.619. The van der Waals surface area contributed by atoms with Crippen LogP contribution in [0, 0.1) is 13.8 Å². The molecular formula is C25H35N. The Morgan fingerprint density at radius 1 is 0.885 bits per heavy atom. The van der Waals surface area contributed by atoms with Crippen molar-refractivity contribution in [3.8, 4) is 0 Å². The van der Waals surface area contributed by atoms with Gasteiger partial charge in [-0.1, -0.05) is 68.3 Å². The van der Waals surface area contributed by atoms with Crippen molar-refractivity contribution in [3.63, 3.8) is 0 Å². The van der Waals surface area contributed by atoms with Crippen LogP contribution in [0.25, 0.3) is 0 Å². The number of hydrogen-bond acceptors (Lipinski definition) is 1. The fourth-order valence-corrected chi connectivity index (χ4v) is 5.13. The minimum Gasteiger partial charge on any atom is -0.365 e. The molecule has 0 saturated carbocycles. The van der Waals surface area contributed by atoms with E-state index < -0.39 is 0 Å². The zero-order chi connectivity index (χ0) is 19.1. The molecule has 1 atom stereocenters. The molecule has 3 rings (SSSR count). The van der Waals surface area contributed by atoms with Crippen LogP contribution in [0.5, 0.6) is 0 Å². The van der Waals surface area contributed by atoms with Crippen molar-refractivity contribution in [3.05, 3.63) is 64.2 Å². The fourth-order valence-electron chi connectivity index (χ4n) is 5.13. The van der Waals surface area contributed by atoms with Gasteiger partial charge in [0.2, 0.25) is 0 Å². The molecule has 0 spiro atoms. The maximum Gasteiger partial charge on any atom is 0.0435 e. The molecule has 0 N–H and O–H groups in total. The van der Waals surface area contributed by atoms with E-state index >= 15 is 0 Å². The van der Waals surface area contributed by atoms with Gasteiger partial charge in [-0.05, 0) is 63.6 Å².